The van der Waals surface area contributed by atoms with Crippen LogP contribution in [0.4, 0.5) is 0 Å². The smallest absolute Gasteiger partial charge is 0.233 e. The molecule has 0 saturated heterocycles. The van der Waals surface area contributed by atoms with Gasteiger partial charge in [0.15, 0.2) is 5.84 Å². The fourth-order valence-electron chi connectivity index (χ4n) is 2.63. The van der Waals surface area contributed by atoms with E-state index in [1.807, 2.05) is 6.92 Å². The van der Waals surface area contributed by atoms with E-state index in [-0.39, 0.29) is 17.7 Å². The summed E-state index contributed by atoms with van der Waals surface area (Å²) in [5.74, 6) is 0.136. The maximum absolute atomic E-state index is 12.4. The van der Waals surface area contributed by atoms with Gasteiger partial charge in [-0.1, -0.05) is 31.3 Å². The Bertz CT molecular complexity index is 325. The van der Waals surface area contributed by atoms with Crippen LogP contribution in [0.15, 0.2) is 5.16 Å². The number of nitrogens with two attached hydrogens (primary N) is 1. The fraction of sp³-hybridized carbons (Fsp3) is 0.846. The number of oxime groups is 1. The van der Waals surface area contributed by atoms with Crippen LogP contribution in [0, 0.1) is 11.3 Å². The zero-order valence-corrected chi connectivity index (χ0v) is 11.8. The molecule has 0 aromatic heterocycles. The lowest BCUT2D eigenvalue weighted by molar-refractivity contribution is -0.129. The minimum atomic E-state index is -0.834. The van der Waals surface area contributed by atoms with Gasteiger partial charge in [-0.3, -0.25) is 4.79 Å². The van der Waals surface area contributed by atoms with E-state index in [1.165, 1.54) is 0 Å². The van der Waals surface area contributed by atoms with Crippen LogP contribution in [-0.4, -0.2) is 37.2 Å². The zero-order valence-electron chi connectivity index (χ0n) is 11.8. The Kier molecular flexibility index (Phi) is 6.08. The Labute approximate surface area is 114 Å². The van der Waals surface area contributed by atoms with Crippen LogP contribution < -0.4 is 11.1 Å². The first-order valence-corrected chi connectivity index (χ1v) is 6.82. The molecule has 0 bridgehead atoms. The SMILES string of the molecule is COCC(C)CNC(=O)C1(C(N)=NO)CCCCC1. The van der Waals surface area contributed by atoms with Crippen LogP contribution in [0.5, 0.6) is 0 Å². The van der Waals surface area contributed by atoms with Gasteiger partial charge in [0.25, 0.3) is 0 Å². The summed E-state index contributed by atoms with van der Waals surface area (Å²) in [5.41, 5.74) is 4.93. The average molecular weight is 271 g/mol. The minimum absolute atomic E-state index is 0.0316. The topological polar surface area (TPSA) is 96.9 Å². The summed E-state index contributed by atoms with van der Waals surface area (Å²) >= 11 is 0. The molecule has 19 heavy (non-hydrogen) atoms. The lowest BCUT2D eigenvalue weighted by atomic mass is 9.72. The van der Waals surface area contributed by atoms with Crippen molar-refractivity contribution in [1.82, 2.24) is 5.32 Å². The number of amides is 1. The quantitative estimate of drug-likeness (QED) is 0.291. The summed E-state index contributed by atoms with van der Waals surface area (Å²) in [6.45, 7) is 3.13. The van der Waals surface area contributed by atoms with Crippen molar-refractivity contribution in [3.05, 3.63) is 0 Å². The number of amidine groups is 1. The van der Waals surface area contributed by atoms with E-state index >= 15 is 0 Å². The number of carbonyl (C=O) groups is 1. The summed E-state index contributed by atoms with van der Waals surface area (Å²) in [6.07, 6.45) is 4.24. The lowest BCUT2D eigenvalue weighted by Crippen LogP contribution is -2.51. The number of nitrogens with one attached hydrogen (secondary N) is 1. The molecule has 110 valence electrons. The molecule has 4 N–H and O–H groups in total. The Morgan fingerprint density at radius 2 is 2.11 bits per heavy atom. The van der Waals surface area contributed by atoms with Gasteiger partial charge in [-0.15, -0.1) is 0 Å². The van der Waals surface area contributed by atoms with Crippen molar-refractivity contribution in [3.63, 3.8) is 0 Å². The molecule has 1 aliphatic carbocycles. The van der Waals surface area contributed by atoms with Gasteiger partial charge in [0.1, 0.15) is 5.41 Å². The molecule has 1 unspecified atom stereocenters. The van der Waals surface area contributed by atoms with Crippen LogP contribution in [0.3, 0.4) is 0 Å². The number of carbonyl (C=O) groups excluding carboxylic acids is 1. The Balaban J connectivity index is 2.67. The molecule has 1 saturated carbocycles. The first kappa shape index (κ1) is 15.8. The predicted octanol–water partition coefficient (Wildman–Crippen LogP) is 1.08. The van der Waals surface area contributed by atoms with Crippen molar-refractivity contribution in [1.29, 1.82) is 0 Å². The minimum Gasteiger partial charge on any atom is -0.409 e. The second-order valence-electron chi connectivity index (χ2n) is 5.40. The predicted molar refractivity (Wildman–Crippen MR) is 73.0 cm³/mol. The highest BCUT2D eigenvalue weighted by Gasteiger charge is 2.43. The van der Waals surface area contributed by atoms with E-state index in [2.05, 4.69) is 10.5 Å². The number of rotatable bonds is 6. The van der Waals surface area contributed by atoms with Gasteiger partial charge in [0.05, 0.1) is 6.61 Å². The average Bonchev–Trinajstić information content (AvgIpc) is 2.44. The molecule has 1 amide bonds. The van der Waals surface area contributed by atoms with E-state index in [0.717, 1.165) is 19.3 Å². The summed E-state index contributed by atoms with van der Waals surface area (Å²) in [6, 6.07) is 0. The highest BCUT2D eigenvalue weighted by molar-refractivity contribution is 6.06. The highest BCUT2D eigenvalue weighted by Crippen LogP contribution is 2.36. The first-order chi connectivity index (χ1) is 9.06. The third-order valence-electron chi connectivity index (χ3n) is 3.80. The zero-order chi connectivity index (χ0) is 14.3. The normalized spacial score (nSPS) is 20.8. The molecule has 0 heterocycles. The van der Waals surface area contributed by atoms with Crippen molar-refractivity contribution in [2.45, 2.75) is 39.0 Å². The van der Waals surface area contributed by atoms with Gasteiger partial charge in [-0.05, 0) is 18.8 Å². The van der Waals surface area contributed by atoms with E-state index in [9.17, 15) is 4.79 Å². The second kappa shape index (κ2) is 7.33. The van der Waals surface area contributed by atoms with E-state index in [1.54, 1.807) is 7.11 Å². The number of hydrogen-bond acceptors (Lipinski definition) is 4. The molecule has 6 nitrogen and oxygen atoms in total. The molecule has 1 aliphatic rings. The van der Waals surface area contributed by atoms with Crippen LogP contribution >= 0.6 is 0 Å². The van der Waals surface area contributed by atoms with Gasteiger partial charge in [0.2, 0.25) is 5.91 Å². The maximum atomic E-state index is 12.4. The van der Waals surface area contributed by atoms with Crippen LogP contribution in [0.1, 0.15) is 39.0 Å². The highest BCUT2D eigenvalue weighted by atomic mass is 16.5. The molecule has 1 rings (SSSR count). The lowest BCUT2D eigenvalue weighted by Gasteiger charge is -2.34. The number of nitrogens with zero attached hydrogens (tertiary/aromatic N) is 1. The number of ether oxygens (including phenoxy) is 1. The molecule has 0 aromatic rings. The summed E-state index contributed by atoms with van der Waals surface area (Å²) in [4.78, 5) is 12.4. The molecule has 0 aromatic carbocycles. The summed E-state index contributed by atoms with van der Waals surface area (Å²) < 4.78 is 5.04. The van der Waals surface area contributed by atoms with Gasteiger partial charge in [0, 0.05) is 13.7 Å². The third-order valence-corrected chi connectivity index (χ3v) is 3.80. The van der Waals surface area contributed by atoms with Crippen molar-refractivity contribution in [3.8, 4) is 0 Å². The number of hydrogen-bond donors (Lipinski definition) is 3. The molecular weight excluding hydrogens is 246 g/mol. The molecule has 0 aliphatic heterocycles. The van der Waals surface area contributed by atoms with E-state index in [0.29, 0.717) is 26.0 Å². The molecule has 6 heteroatoms. The van der Waals surface area contributed by atoms with Crippen LogP contribution in [0.2, 0.25) is 0 Å². The third kappa shape index (κ3) is 3.83. The van der Waals surface area contributed by atoms with Gasteiger partial charge in [-0.25, -0.2) is 0 Å². The second-order valence-corrected chi connectivity index (χ2v) is 5.40. The fourth-order valence-corrected chi connectivity index (χ4v) is 2.63. The molecule has 1 atom stereocenters. The molecule has 1 fully saturated rings. The Morgan fingerprint density at radius 3 is 2.63 bits per heavy atom. The van der Waals surface area contributed by atoms with Crippen molar-refractivity contribution in [2.75, 3.05) is 20.3 Å². The van der Waals surface area contributed by atoms with Crippen LogP contribution in [-0.2, 0) is 9.53 Å². The summed E-state index contributed by atoms with van der Waals surface area (Å²) in [5, 5.41) is 14.9. The van der Waals surface area contributed by atoms with Crippen molar-refractivity contribution in [2.24, 2.45) is 22.2 Å². The molecular formula is C13H25N3O3. The van der Waals surface area contributed by atoms with Crippen LogP contribution in [0.25, 0.3) is 0 Å². The van der Waals surface area contributed by atoms with Crippen molar-refractivity contribution >= 4 is 11.7 Å². The standard InChI is InChI=1S/C13H25N3O3/c1-10(9-19-2)8-15-12(17)13(11(14)16-18)6-4-3-5-7-13/h10,18H,3-9H2,1-2H3,(H2,14,16)(H,15,17). The number of methoxy groups -OCH3 is 1. The maximum Gasteiger partial charge on any atom is 0.233 e. The van der Waals surface area contributed by atoms with Gasteiger partial charge >= 0.3 is 0 Å². The van der Waals surface area contributed by atoms with Gasteiger partial charge in [-0.2, -0.15) is 0 Å². The molecule has 0 spiro atoms. The summed E-state index contributed by atoms with van der Waals surface area (Å²) in [7, 11) is 1.64. The molecule has 0 radical (unpaired) electrons. The largest absolute Gasteiger partial charge is 0.409 e. The Morgan fingerprint density at radius 1 is 1.47 bits per heavy atom. The monoisotopic (exact) mass is 271 g/mol. The van der Waals surface area contributed by atoms with Crippen molar-refractivity contribution < 1.29 is 14.7 Å². The van der Waals surface area contributed by atoms with Gasteiger partial charge < -0.3 is 21.0 Å². The first-order valence-electron chi connectivity index (χ1n) is 6.82. The van der Waals surface area contributed by atoms with E-state index < -0.39 is 5.41 Å². The van der Waals surface area contributed by atoms with E-state index in [4.69, 9.17) is 15.7 Å². The Hall–Kier alpha value is -1.30.